The fraction of sp³-hybridized carbons (Fsp3) is 0.400. The molecule has 0 fully saturated rings. The number of amides is 1. The molecule has 0 spiro atoms. The Bertz CT molecular complexity index is 361. The molecular weight excluding hydrogens is 306 g/mol. The van der Waals surface area contributed by atoms with E-state index >= 15 is 0 Å². The van der Waals surface area contributed by atoms with Crippen molar-refractivity contribution in [1.29, 1.82) is 0 Å². The van der Waals surface area contributed by atoms with E-state index in [4.69, 9.17) is 4.74 Å². The summed E-state index contributed by atoms with van der Waals surface area (Å²) in [4.78, 5) is 15.4. The number of hydrogen-bond acceptors (Lipinski definition) is 5. The molecule has 1 atom stereocenters. The Hall–Kier alpha value is -0.950. The second-order valence-corrected chi connectivity index (χ2v) is 4.85. The van der Waals surface area contributed by atoms with E-state index in [-0.39, 0.29) is 5.50 Å². The van der Waals surface area contributed by atoms with Crippen LogP contribution in [0, 0.1) is 0 Å². The Labute approximate surface area is 113 Å². The minimum Gasteiger partial charge on any atom is -0.450 e. The number of alkyl carbamates (subject to hydrolysis) is 1. The molecule has 1 unspecified atom stereocenters. The lowest BCUT2D eigenvalue weighted by Gasteiger charge is -2.18. The zero-order valence-corrected chi connectivity index (χ0v) is 12.0. The lowest BCUT2D eigenvalue weighted by atomic mass is 10.5. The Morgan fingerprint density at radius 1 is 1.65 bits per heavy atom. The summed E-state index contributed by atoms with van der Waals surface area (Å²) in [6, 6.07) is 3.69. The Morgan fingerprint density at radius 2 is 2.41 bits per heavy atom. The van der Waals surface area contributed by atoms with Crippen LogP contribution >= 0.6 is 27.7 Å². The number of ether oxygens (including phenoxy) is 1. The first-order chi connectivity index (χ1) is 8.15. The van der Waals surface area contributed by atoms with Gasteiger partial charge in [-0.15, -0.1) is 11.8 Å². The minimum absolute atomic E-state index is 0.275. The number of hydrogen-bond donors (Lipinski definition) is 2. The number of pyridine rings is 1. The van der Waals surface area contributed by atoms with Gasteiger partial charge >= 0.3 is 6.09 Å². The predicted octanol–water partition coefficient (Wildman–Crippen LogP) is 2.65. The number of nitrogens with one attached hydrogen (secondary N) is 2. The van der Waals surface area contributed by atoms with Gasteiger partial charge in [0.25, 0.3) is 0 Å². The Morgan fingerprint density at radius 3 is 2.94 bits per heavy atom. The smallest absolute Gasteiger partial charge is 0.409 e. The molecule has 1 heterocycles. The molecule has 7 heteroatoms. The van der Waals surface area contributed by atoms with Crippen molar-refractivity contribution in [3.8, 4) is 0 Å². The maximum absolute atomic E-state index is 11.2. The highest BCUT2D eigenvalue weighted by Crippen LogP contribution is 2.13. The number of nitrogens with zero attached hydrogens (tertiary/aromatic N) is 1. The Balaban J connectivity index is 2.51. The van der Waals surface area contributed by atoms with Crippen LogP contribution in [0.25, 0.3) is 0 Å². The molecule has 2 N–H and O–H groups in total. The van der Waals surface area contributed by atoms with E-state index in [0.717, 1.165) is 4.47 Å². The summed E-state index contributed by atoms with van der Waals surface area (Å²) in [5.41, 5.74) is -0.275. The van der Waals surface area contributed by atoms with Gasteiger partial charge in [0, 0.05) is 10.7 Å². The van der Waals surface area contributed by atoms with E-state index in [2.05, 4.69) is 31.5 Å². The van der Waals surface area contributed by atoms with Crippen molar-refractivity contribution in [3.05, 3.63) is 22.8 Å². The fourth-order valence-electron chi connectivity index (χ4n) is 1.03. The summed E-state index contributed by atoms with van der Waals surface area (Å²) >= 11 is 4.75. The third-order valence-corrected chi connectivity index (χ3v) is 2.94. The van der Waals surface area contributed by atoms with Gasteiger partial charge in [-0.25, -0.2) is 9.78 Å². The van der Waals surface area contributed by atoms with Gasteiger partial charge < -0.3 is 10.1 Å². The normalized spacial score (nSPS) is 11.7. The molecule has 17 heavy (non-hydrogen) atoms. The Kier molecular flexibility index (Phi) is 6.13. The van der Waals surface area contributed by atoms with Crippen LogP contribution in [0.1, 0.15) is 6.92 Å². The number of thioether (sulfide) groups is 1. The van der Waals surface area contributed by atoms with Gasteiger partial charge in [0.2, 0.25) is 0 Å². The van der Waals surface area contributed by atoms with Gasteiger partial charge in [-0.1, -0.05) is 0 Å². The van der Waals surface area contributed by atoms with Gasteiger partial charge in [-0.3, -0.25) is 5.32 Å². The molecule has 0 bridgehead atoms. The van der Waals surface area contributed by atoms with Crippen LogP contribution in [0.5, 0.6) is 0 Å². The summed E-state index contributed by atoms with van der Waals surface area (Å²) in [6.07, 6.45) is 3.11. The summed E-state index contributed by atoms with van der Waals surface area (Å²) in [6.45, 7) is 2.11. The number of halogens is 1. The SMILES string of the molecule is CCOC(=O)NC(Nc1ccc(Br)cn1)SC. The minimum atomic E-state index is -0.448. The maximum Gasteiger partial charge on any atom is 0.409 e. The average molecular weight is 320 g/mol. The highest BCUT2D eigenvalue weighted by Gasteiger charge is 2.11. The van der Waals surface area contributed by atoms with Gasteiger partial charge in [-0.05, 0) is 41.2 Å². The number of rotatable bonds is 5. The van der Waals surface area contributed by atoms with Crippen LogP contribution in [0.15, 0.2) is 22.8 Å². The van der Waals surface area contributed by atoms with Crippen molar-refractivity contribution in [1.82, 2.24) is 10.3 Å². The third kappa shape index (κ3) is 5.27. The zero-order chi connectivity index (χ0) is 12.7. The van der Waals surface area contributed by atoms with E-state index in [0.29, 0.717) is 12.4 Å². The topological polar surface area (TPSA) is 63.2 Å². The van der Waals surface area contributed by atoms with Crippen LogP contribution in [0.4, 0.5) is 10.6 Å². The van der Waals surface area contributed by atoms with Crippen molar-refractivity contribution < 1.29 is 9.53 Å². The molecule has 94 valence electrons. The second kappa shape index (κ2) is 7.39. The van der Waals surface area contributed by atoms with E-state index in [1.54, 1.807) is 13.1 Å². The standard InChI is InChI=1S/C10H14BrN3O2S/c1-3-16-10(15)14-9(17-2)13-8-5-4-7(11)6-12-8/h4-6,9H,3H2,1-2H3,(H,12,13)(H,14,15). The van der Waals surface area contributed by atoms with E-state index in [1.807, 2.05) is 18.4 Å². The van der Waals surface area contributed by atoms with Crippen molar-refractivity contribution in [2.24, 2.45) is 0 Å². The quantitative estimate of drug-likeness (QED) is 0.817. The summed E-state index contributed by atoms with van der Waals surface area (Å²) in [5, 5.41) is 5.73. The summed E-state index contributed by atoms with van der Waals surface area (Å²) in [5.74, 6) is 0.685. The molecule has 5 nitrogen and oxygen atoms in total. The number of carbonyl (C=O) groups is 1. The monoisotopic (exact) mass is 319 g/mol. The number of carbonyl (C=O) groups excluding carboxylic acids is 1. The predicted molar refractivity (Wildman–Crippen MR) is 73.0 cm³/mol. The first kappa shape index (κ1) is 14.1. The molecule has 0 aromatic carbocycles. The number of anilines is 1. The van der Waals surface area contributed by atoms with Crippen molar-refractivity contribution >= 4 is 39.6 Å². The zero-order valence-electron chi connectivity index (χ0n) is 9.57. The highest BCUT2D eigenvalue weighted by atomic mass is 79.9. The van der Waals surface area contributed by atoms with E-state index in [1.165, 1.54) is 11.8 Å². The molecule has 0 radical (unpaired) electrons. The van der Waals surface area contributed by atoms with Crippen LogP contribution in [0.3, 0.4) is 0 Å². The van der Waals surface area contributed by atoms with Crippen molar-refractivity contribution in [3.63, 3.8) is 0 Å². The molecule has 1 aromatic heterocycles. The van der Waals surface area contributed by atoms with E-state index < -0.39 is 6.09 Å². The summed E-state index contributed by atoms with van der Waals surface area (Å²) < 4.78 is 5.70. The van der Waals surface area contributed by atoms with Crippen molar-refractivity contribution in [2.45, 2.75) is 12.4 Å². The first-order valence-corrected chi connectivity index (χ1v) is 7.08. The van der Waals surface area contributed by atoms with Gasteiger partial charge in [0.15, 0.2) is 5.50 Å². The summed E-state index contributed by atoms with van der Waals surface area (Å²) in [7, 11) is 0. The molecule has 0 aliphatic heterocycles. The van der Waals surface area contributed by atoms with Crippen molar-refractivity contribution in [2.75, 3.05) is 18.2 Å². The molecule has 0 saturated carbocycles. The maximum atomic E-state index is 11.2. The largest absolute Gasteiger partial charge is 0.450 e. The fourth-order valence-corrected chi connectivity index (χ4v) is 1.72. The molecule has 1 rings (SSSR count). The molecule has 1 aromatic rings. The van der Waals surface area contributed by atoms with E-state index in [9.17, 15) is 4.79 Å². The molecule has 0 saturated heterocycles. The third-order valence-electron chi connectivity index (χ3n) is 1.77. The molecule has 0 aliphatic rings. The average Bonchev–Trinajstić information content (AvgIpc) is 2.31. The van der Waals surface area contributed by atoms with Gasteiger partial charge in [0.05, 0.1) is 6.61 Å². The van der Waals surface area contributed by atoms with Crippen LogP contribution < -0.4 is 10.6 Å². The highest BCUT2D eigenvalue weighted by molar-refractivity contribution is 9.10. The van der Waals surface area contributed by atoms with Crippen LogP contribution in [0.2, 0.25) is 0 Å². The van der Waals surface area contributed by atoms with Crippen LogP contribution in [-0.2, 0) is 4.74 Å². The molecule has 0 aliphatic carbocycles. The van der Waals surface area contributed by atoms with Gasteiger partial charge in [-0.2, -0.15) is 0 Å². The molecular formula is C10H14BrN3O2S. The lowest BCUT2D eigenvalue weighted by molar-refractivity contribution is 0.152. The van der Waals surface area contributed by atoms with Crippen LogP contribution in [-0.4, -0.2) is 29.4 Å². The number of aromatic nitrogens is 1. The second-order valence-electron chi connectivity index (χ2n) is 2.99. The first-order valence-electron chi connectivity index (χ1n) is 5.00. The molecule has 1 amide bonds. The lowest BCUT2D eigenvalue weighted by Crippen LogP contribution is -2.38. The van der Waals surface area contributed by atoms with Gasteiger partial charge in [0.1, 0.15) is 5.82 Å².